The van der Waals surface area contributed by atoms with E-state index in [-0.39, 0.29) is 17.4 Å². The molecule has 1 aromatic heterocycles. The number of amides is 1. The number of aromatic nitrogens is 1. The van der Waals surface area contributed by atoms with Gasteiger partial charge in [-0.2, -0.15) is 0 Å². The Balaban J connectivity index is 2.76. The molecule has 0 aliphatic rings. The van der Waals surface area contributed by atoms with Crippen molar-refractivity contribution in [3.8, 4) is 0 Å². The highest BCUT2D eigenvalue weighted by Crippen LogP contribution is 2.17. The Hall–Kier alpha value is -1.64. The van der Waals surface area contributed by atoms with Crippen molar-refractivity contribution in [3.05, 3.63) is 36.2 Å². The molecule has 0 bridgehead atoms. The lowest BCUT2D eigenvalue weighted by molar-refractivity contribution is -0.128. The third-order valence-electron chi connectivity index (χ3n) is 2.68. The van der Waals surface area contributed by atoms with Gasteiger partial charge >= 0.3 is 0 Å². The second-order valence-corrected chi connectivity index (χ2v) is 6.23. The van der Waals surface area contributed by atoms with Gasteiger partial charge in [0.2, 0.25) is 5.91 Å². The number of pyridine rings is 1. The number of carbonyl (C=O) groups is 1. The summed E-state index contributed by atoms with van der Waals surface area (Å²) >= 11 is 0. The smallest absolute Gasteiger partial charge is 0.246 e. The molecule has 1 rings (SSSR count). The standard InChI is InChI=1S/C16H24N2O/c1-13(2)18(12-16(3,4)5)15(19)7-6-14-8-10-17-11-9-14/h6-11,13H,12H2,1-5H3/b7-6+. The lowest BCUT2D eigenvalue weighted by Crippen LogP contribution is -2.41. The molecule has 3 nitrogen and oxygen atoms in total. The molecule has 1 heterocycles. The van der Waals surface area contributed by atoms with Crippen LogP contribution in [0.3, 0.4) is 0 Å². The van der Waals surface area contributed by atoms with Crippen molar-refractivity contribution in [1.29, 1.82) is 0 Å². The highest BCUT2D eigenvalue weighted by atomic mass is 16.2. The van der Waals surface area contributed by atoms with Crippen LogP contribution in [-0.2, 0) is 4.79 Å². The van der Waals surface area contributed by atoms with Gasteiger partial charge in [0, 0.05) is 31.1 Å². The van der Waals surface area contributed by atoms with Crippen LogP contribution in [0.4, 0.5) is 0 Å². The molecular weight excluding hydrogens is 236 g/mol. The van der Waals surface area contributed by atoms with Crippen LogP contribution in [-0.4, -0.2) is 28.4 Å². The zero-order chi connectivity index (χ0) is 14.5. The van der Waals surface area contributed by atoms with Gasteiger partial charge in [-0.3, -0.25) is 9.78 Å². The minimum Gasteiger partial charge on any atom is -0.336 e. The average molecular weight is 260 g/mol. The van der Waals surface area contributed by atoms with E-state index in [1.54, 1.807) is 18.5 Å². The van der Waals surface area contributed by atoms with Crippen molar-refractivity contribution in [2.75, 3.05) is 6.54 Å². The topological polar surface area (TPSA) is 33.2 Å². The number of rotatable bonds is 4. The summed E-state index contributed by atoms with van der Waals surface area (Å²) in [5.74, 6) is 0.0572. The van der Waals surface area contributed by atoms with Crippen molar-refractivity contribution < 1.29 is 4.79 Å². The van der Waals surface area contributed by atoms with Gasteiger partial charge in [-0.15, -0.1) is 0 Å². The number of carbonyl (C=O) groups excluding carboxylic acids is 1. The summed E-state index contributed by atoms with van der Waals surface area (Å²) in [5.41, 5.74) is 1.09. The first-order chi connectivity index (χ1) is 8.79. The Morgan fingerprint density at radius 3 is 2.37 bits per heavy atom. The van der Waals surface area contributed by atoms with Crippen LogP contribution in [0, 0.1) is 5.41 Å². The van der Waals surface area contributed by atoms with E-state index in [9.17, 15) is 4.79 Å². The predicted molar refractivity (Wildman–Crippen MR) is 79.6 cm³/mol. The molecule has 0 aliphatic heterocycles. The maximum atomic E-state index is 12.3. The minimum absolute atomic E-state index is 0.0572. The van der Waals surface area contributed by atoms with Crippen molar-refractivity contribution in [1.82, 2.24) is 9.88 Å². The molecule has 0 aliphatic carbocycles. The average Bonchev–Trinajstić information content (AvgIpc) is 2.33. The molecule has 19 heavy (non-hydrogen) atoms. The first-order valence-corrected chi connectivity index (χ1v) is 6.68. The van der Waals surface area contributed by atoms with Crippen molar-refractivity contribution >= 4 is 12.0 Å². The Kier molecular flexibility index (Phi) is 5.28. The quantitative estimate of drug-likeness (QED) is 0.778. The molecule has 0 atom stereocenters. The highest BCUT2D eigenvalue weighted by Gasteiger charge is 2.21. The molecule has 1 amide bonds. The highest BCUT2D eigenvalue weighted by molar-refractivity contribution is 5.92. The van der Waals surface area contributed by atoms with E-state index in [0.717, 1.165) is 12.1 Å². The normalized spacial score (nSPS) is 12.1. The largest absolute Gasteiger partial charge is 0.336 e. The molecule has 3 heteroatoms. The third-order valence-corrected chi connectivity index (χ3v) is 2.68. The Bertz CT molecular complexity index is 430. The minimum atomic E-state index is 0.0572. The van der Waals surface area contributed by atoms with Gasteiger partial charge in [0.25, 0.3) is 0 Å². The van der Waals surface area contributed by atoms with E-state index in [0.29, 0.717) is 0 Å². The third kappa shape index (κ3) is 5.69. The van der Waals surface area contributed by atoms with Gasteiger partial charge in [0.15, 0.2) is 0 Å². The molecule has 104 valence electrons. The second-order valence-electron chi connectivity index (χ2n) is 6.23. The summed E-state index contributed by atoms with van der Waals surface area (Å²) in [6.07, 6.45) is 6.92. The summed E-state index contributed by atoms with van der Waals surface area (Å²) in [7, 11) is 0. The zero-order valence-corrected chi connectivity index (χ0v) is 12.6. The van der Waals surface area contributed by atoms with Gasteiger partial charge in [-0.05, 0) is 43.0 Å². The number of hydrogen-bond acceptors (Lipinski definition) is 2. The predicted octanol–water partition coefficient (Wildman–Crippen LogP) is 3.38. The fourth-order valence-electron chi connectivity index (χ4n) is 1.76. The van der Waals surface area contributed by atoms with E-state index in [4.69, 9.17) is 0 Å². The summed E-state index contributed by atoms with van der Waals surface area (Å²) in [5, 5.41) is 0. The van der Waals surface area contributed by atoms with Crippen LogP contribution >= 0.6 is 0 Å². The van der Waals surface area contributed by atoms with Crippen LogP contribution < -0.4 is 0 Å². The number of hydrogen-bond donors (Lipinski definition) is 0. The van der Waals surface area contributed by atoms with Crippen LogP contribution in [0.5, 0.6) is 0 Å². The van der Waals surface area contributed by atoms with E-state index in [1.165, 1.54) is 0 Å². The van der Waals surface area contributed by atoms with Gasteiger partial charge in [0.05, 0.1) is 0 Å². The molecular formula is C16H24N2O. The molecule has 0 aromatic carbocycles. The maximum absolute atomic E-state index is 12.3. The molecule has 0 saturated carbocycles. The fourth-order valence-corrected chi connectivity index (χ4v) is 1.76. The fraction of sp³-hybridized carbons (Fsp3) is 0.500. The van der Waals surface area contributed by atoms with Gasteiger partial charge < -0.3 is 4.90 Å². The SMILES string of the molecule is CC(C)N(CC(C)(C)C)C(=O)/C=C/c1ccncc1. The summed E-state index contributed by atoms with van der Waals surface area (Å²) in [6, 6.07) is 3.97. The molecule has 1 aromatic rings. The molecule has 0 saturated heterocycles. The van der Waals surface area contributed by atoms with E-state index < -0.39 is 0 Å². The monoisotopic (exact) mass is 260 g/mol. The van der Waals surface area contributed by atoms with Crippen LogP contribution in [0.25, 0.3) is 6.08 Å². The molecule has 0 unspecified atom stereocenters. The first kappa shape index (κ1) is 15.4. The van der Waals surface area contributed by atoms with E-state index >= 15 is 0 Å². The maximum Gasteiger partial charge on any atom is 0.246 e. The van der Waals surface area contributed by atoms with Crippen molar-refractivity contribution in [2.45, 2.75) is 40.7 Å². The molecule has 0 radical (unpaired) electrons. The Labute approximate surface area is 116 Å². The van der Waals surface area contributed by atoms with E-state index in [2.05, 4.69) is 25.8 Å². The van der Waals surface area contributed by atoms with E-state index in [1.807, 2.05) is 37.0 Å². The number of nitrogens with zero attached hydrogens (tertiary/aromatic N) is 2. The van der Waals surface area contributed by atoms with Gasteiger partial charge in [0.1, 0.15) is 0 Å². The molecule has 0 fully saturated rings. The van der Waals surface area contributed by atoms with Gasteiger partial charge in [-0.1, -0.05) is 20.8 Å². The molecule has 0 N–H and O–H groups in total. The van der Waals surface area contributed by atoms with Crippen molar-refractivity contribution in [3.63, 3.8) is 0 Å². The van der Waals surface area contributed by atoms with Crippen LogP contribution in [0.1, 0.15) is 40.2 Å². The van der Waals surface area contributed by atoms with Crippen LogP contribution in [0.15, 0.2) is 30.6 Å². The first-order valence-electron chi connectivity index (χ1n) is 6.68. The molecule has 0 spiro atoms. The zero-order valence-electron chi connectivity index (χ0n) is 12.6. The summed E-state index contributed by atoms with van der Waals surface area (Å²) < 4.78 is 0. The van der Waals surface area contributed by atoms with Crippen LogP contribution in [0.2, 0.25) is 0 Å². The van der Waals surface area contributed by atoms with Gasteiger partial charge in [-0.25, -0.2) is 0 Å². The van der Waals surface area contributed by atoms with Crippen molar-refractivity contribution in [2.24, 2.45) is 5.41 Å². The lowest BCUT2D eigenvalue weighted by atomic mass is 9.95. The summed E-state index contributed by atoms with van der Waals surface area (Å²) in [4.78, 5) is 18.1. The Morgan fingerprint density at radius 2 is 1.89 bits per heavy atom. The summed E-state index contributed by atoms with van der Waals surface area (Å²) in [6.45, 7) is 11.3. The second kappa shape index (κ2) is 6.50. The Morgan fingerprint density at radius 1 is 1.32 bits per heavy atom. The lowest BCUT2D eigenvalue weighted by Gasteiger charge is -2.32.